The summed E-state index contributed by atoms with van der Waals surface area (Å²) in [6.07, 6.45) is 0.992. The fourth-order valence-corrected chi connectivity index (χ4v) is 2.61. The Bertz CT molecular complexity index is 370. The first-order chi connectivity index (χ1) is 8.76. The van der Waals surface area contributed by atoms with E-state index in [4.69, 9.17) is 5.73 Å². The summed E-state index contributed by atoms with van der Waals surface area (Å²) in [5.41, 5.74) is 8.85. The number of para-hydroxylation sites is 1. The van der Waals surface area contributed by atoms with E-state index in [0.717, 1.165) is 39.1 Å². The van der Waals surface area contributed by atoms with Gasteiger partial charge in [-0.1, -0.05) is 32.0 Å². The number of anilines is 1. The molecule has 3 heteroatoms. The second kappa shape index (κ2) is 6.21. The van der Waals surface area contributed by atoms with Crippen molar-refractivity contribution >= 4 is 5.69 Å². The minimum absolute atomic E-state index is 0.158. The maximum absolute atomic E-state index is 6.22. The molecular weight excluding hydrogens is 222 g/mol. The van der Waals surface area contributed by atoms with Gasteiger partial charge in [0.2, 0.25) is 0 Å². The molecule has 2 N–H and O–H groups in total. The van der Waals surface area contributed by atoms with E-state index < -0.39 is 0 Å². The lowest BCUT2D eigenvalue weighted by Gasteiger charge is -2.37. The zero-order valence-electron chi connectivity index (χ0n) is 11.6. The van der Waals surface area contributed by atoms with Gasteiger partial charge in [0.1, 0.15) is 0 Å². The van der Waals surface area contributed by atoms with Gasteiger partial charge in [0, 0.05) is 37.9 Å². The van der Waals surface area contributed by atoms with Crippen molar-refractivity contribution in [2.24, 2.45) is 5.73 Å². The third-order valence-corrected chi connectivity index (χ3v) is 3.94. The van der Waals surface area contributed by atoms with Crippen molar-refractivity contribution in [3.8, 4) is 0 Å². The van der Waals surface area contributed by atoms with Crippen LogP contribution in [0.3, 0.4) is 0 Å². The number of piperazine rings is 1. The van der Waals surface area contributed by atoms with E-state index in [1.54, 1.807) is 0 Å². The first kappa shape index (κ1) is 13.4. The molecule has 100 valence electrons. The molecule has 0 aromatic heterocycles. The van der Waals surface area contributed by atoms with Gasteiger partial charge in [-0.2, -0.15) is 0 Å². The van der Waals surface area contributed by atoms with Crippen LogP contribution in [0.4, 0.5) is 5.69 Å². The lowest BCUT2D eigenvalue weighted by molar-refractivity contribution is 0.271. The Labute approximate surface area is 111 Å². The summed E-state index contributed by atoms with van der Waals surface area (Å²) < 4.78 is 0. The summed E-state index contributed by atoms with van der Waals surface area (Å²) in [4.78, 5) is 4.98. The largest absolute Gasteiger partial charge is 0.369 e. The quantitative estimate of drug-likeness (QED) is 0.885. The first-order valence-corrected chi connectivity index (χ1v) is 7.08. The fourth-order valence-electron chi connectivity index (χ4n) is 2.61. The molecule has 0 aliphatic carbocycles. The molecular formula is C15H25N3. The van der Waals surface area contributed by atoms with Crippen molar-refractivity contribution < 1.29 is 0 Å². The first-order valence-electron chi connectivity index (χ1n) is 7.08. The van der Waals surface area contributed by atoms with Crippen LogP contribution in [-0.2, 0) is 0 Å². The smallest absolute Gasteiger partial charge is 0.0415 e. The summed E-state index contributed by atoms with van der Waals surface area (Å²) in [5.74, 6) is 0. The van der Waals surface area contributed by atoms with Crippen molar-refractivity contribution in [2.45, 2.75) is 26.3 Å². The fraction of sp³-hybridized carbons (Fsp3) is 0.600. The molecule has 1 aromatic rings. The average Bonchev–Trinajstić information content (AvgIpc) is 2.46. The number of hydrogen-bond acceptors (Lipinski definition) is 3. The standard InChI is InChI=1S/C15H25N3/c1-3-14(16)13-7-5-6-8-15(13)18-11-9-17(4-2)10-12-18/h5-8,14H,3-4,9-12,16H2,1-2H3/t14-/m1/s1. The summed E-state index contributed by atoms with van der Waals surface area (Å²) in [5, 5.41) is 0. The number of likely N-dealkylation sites (N-methyl/N-ethyl adjacent to an activating group) is 1. The zero-order valence-corrected chi connectivity index (χ0v) is 11.6. The van der Waals surface area contributed by atoms with E-state index in [1.807, 2.05) is 0 Å². The van der Waals surface area contributed by atoms with Crippen LogP contribution in [0.5, 0.6) is 0 Å². The van der Waals surface area contributed by atoms with Gasteiger partial charge in [-0.15, -0.1) is 0 Å². The van der Waals surface area contributed by atoms with Crippen molar-refractivity contribution in [3.63, 3.8) is 0 Å². The van der Waals surface area contributed by atoms with Gasteiger partial charge in [-0.05, 0) is 24.6 Å². The maximum atomic E-state index is 6.22. The predicted octanol–water partition coefficient (Wildman–Crippen LogP) is 2.24. The van der Waals surface area contributed by atoms with Crippen LogP contribution >= 0.6 is 0 Å². The molecule has 1 atom stereocenters. The van der Waals surface area contributed by atoms with Gasteiger partial charge >= 0.3 is 0 Å². The number of hydrogen-bond donors (Lipinski definition) is 1. The molecule has 0 amide bonds. The maximum Gasteiger partial charge on any atom is 0.0415 e. The number of rotatable bonds is 4. The van der Waals surface area contributed by atoms with E-state index in [1.165, 1.54) is 11.3 Å². The van der Waals surface area contributed by atoms with Gasteiger partial charge in [0.25, 0.3) is 0 Å². The Balaban J connectivity index is 2.13. The van der Waals surface area contributed by atoms with Crippen LogP contribution in [0.1, 0.15) is 31.9 Å². The van der Waals surface area contributed by atoms with Gasteiger partial charge in [0.15, 0.2) is 0 Å². The Hall–Kier alpha value is -1.06. The van der Waals surface area contributed by atoms with Crippen LogP contribution in [0.2, 0.25) is 0 Å². The topological polar surface area (TPSA) is 32.5 Å². The summed E-state index contributed by atoms with van der Waals surface area (Å²) >= 11 is 0. The Morgan fingerprint density at radius 3 is 2.39 bits per heavy atom. The second-order valence-corrected chi connectivity index (χ2v) is 4.99. The normalized spacial score (nSPS) is 18.9. The van der Waals surface area contributed by atoms with E-state index >= 15 is 0 Å². The third-order valence-electron chi connectivity index (χ3n) is 3.94. The summed E-state index contributed by atoms with van der Waals surface area (Å²) in [6.45, 7) is 10.1. The van der Waals surface area contributed by atoms with Crippen molar-refractivity contribution in [1.82, 2.24) is 4.90 Å². The summed E-state index contributed by atoms with van der Waals surface area (Å²) in [6, 6.07) is 8.76. The van der Waals surface area contributed by atoms with Crippen molar-refractivity contribution in [1.29, 1.82) is 0 Å². The molecule has 0 spiro atoms. The average molecular weight is 247 g/mol. The highest BCUT2D eigenvalue weighted by atomic mass is 15.3. The Morgan fingerprint density at radius 2 is 1.78 bits per heavy atom. The van der Waals surface area contributed by atoms with Gasteiger partial charge < -0.3 is 15.5 Å². The highest BCUT2D eigenvalue weighted by Crippen LogP contribution is 2.27. The predicted molar refractivity (Wildman–Crippen MR) is 78.0 cm³/mol. The van der Waals surface area contributed by atoms with Gasteiger partial charge in [0.05, 0.1) is 0 Å². The molecule has 1 aliphatic heterocycles. The van der Waals surface area contributed by atoms with Crippen molar-refractivity contribution in [3.05, 3.63) is 29.8 Å². The minimum Gasteiger partial charge on any atom is -0.369 e. The molecule has 0 radical (unpaired) electrons. The summed E-state index contributed by atoms with van der Waals surface area (Å²) in [7, 11) is 0. The molecule has 18 heavy (non-hydrogen) atoms. The van der Waals surface area contributed by atoms with E-state index in [0.29, 0.717) is 0 Å². The lowest BCUT2D eigenvalue weighted by Crippen LogP contribution is -2.46. The molecule has 1 aromatic carbocycles. The highest BCUT2D eigenvalue weighted by Gasteiger charge is 2.19. The number of nitrogens with two attached hydrogens (primary N) is 1. The monoisotopic (exact) mass is 247 g/mol. The molecule has 0 saturated carbocycles. The van der Waals surface area contributed by atoms with E-state index in [-0.39, 0.29) is 6.04 Å². The Morgan fingerprint density at radius 1 is 1.11 bits per heavy atom. The molecule has 0 unspecified atom stereocenters. The third kappa shape index (κ3) is 2.85. The number of benzene rings is 1. The van der Waals surface area contributed by atoms with Crippen LogP contribution < -0.4 is 10.6 Å². The van der Waals surface area contributed by atoms with Crippen LogP contribution in [0.15, 0.2) is 24.3 Å². The molecule has 3 nitrogen and oxygen atoms in total. The van der Waals surface area contributed by atoms with Gasteiger partial charge in [-0.25, -0.2) is 0 Å². The van der Waals surface area contributed by atoms with Crippen LogP contribution in [-0.4, -0.2) is 37.6 Å². The van der Waals surface area contributed by atoms with Crippen LogP contribution in [0, 0.1) is 0 Å². The molecule has 1 saturated heterocycles. The lowest BCUT2D eigenvalue weighted by atomic mass is 10.0. The minimum atomic E-state index is 0.158. The second-order valence-electron chi connectivity index (χ2n) is 4.99. The van der Waals surface area contributed by atoms with Crippen LogP contribution in [0.25, 0.3) is 0 Å². The molecule has 1 aliphatic rings. The molecule has 0 bridgehead atoms. The zero-order chi connectivity index (χ0) is 13.0. The SMILES string of the molecule is CC[C@@H](N)c1ccccc1N1CCN(CC)CC1. The van der Waals surface area contributed by atoms with Gasteiger partial charge in [-0.3, -0.25) is 0 Å². The number of nitrogens with zero attached hydrogens (tertiary/aromatic N) is 2. The van der Waals surface area contributed by atoms with E-state index in [2.05, 4.69) is 47.9 Å². The molecule has 2 rings (SSSR count). The van der Waals surface area contributed by atoms with Crippen molar-refractivity contribution in [2.75, 3.05) is 37.6 Å². The Kier molecular flexibility index (Phi) is 4.61. The molecule has 1 heterocycles. The highest BCUT2D eigenvalue weighted by molar-refractivity contribution is 5.55. The molecule has 1 fully saturated rings. The van der Waals surface area contributed by atoms with E-state index in [9.17, 15) is 0 Å².